The van der Waals surface area contributed by atoms with Crippen LogP contribution in [0.2, 0.25) is 5.02 Å². The number of carbonyl (C=O) groups excluding carboxylic acids is 2. The van der Waals surface area contributed by atoms with Gasteiger partial charge in [0.05, 0.1) is 11.5 Å². The molecule has 6 nitrogen and oxygen atoms in total. The molecule has 1 saturated carbocycles. The van der Waals surface area contributed by atoms with E-state index in [0.717, 1.165) is 24.8 Å². The van der Waals surface area contributed by atoms with Gasteiger partial charge in [-0.05, 0) is 49.1 Å². The number of ether oxygens (including phenoxy) is 1. The van der Waals surface area contributed by atoms with E-state index in [9.17, 15) is 14.7 Å². The van der Waals surface area contributed by atoms with Crippen LogP contribution in [0.5, 0.6) is 5.75 Å². The van der Waals surface area contributed by atoms with Gasteiger partial charge in [0, 0.05) is 29.6 Å². The highest BCUT2D eigenvalue weighted by Gasteiger charge is 2.50. The molecule has 1 saturated heterocycles. The number of rotatable bonds is 4. The van der Waals surface area contributed by atoms with Gasteiger partial charge >= 0.3 is 6.09 Å². The average Bonchev–Trinajstić information content (AvgIpc) is 3.24. The fourth-order valence-corrected chi connectivity index (χ4v) is 5.34. The zero-order valence-electron chi connectivity index (χ0n) is 19.1. The number of hydrogen-bond acceptors (Lipinski definition) is 4. The maximum absolute atomic E-state index is 13.5. The predicted octanol–water partition coefficient (Wildman–Crippen LogP) is 4.74. The molecule has 4 rings (SSSR count). The fourth-order valence-electron chi connectivity index (χ4n) is 5.21. The number of nitrogens with zero attached hydrogens (tertiary/aromatic N) is 1. The molecule has 0 aromatic heterocycles. The summed E-state index contributed by atoms with van der Waals surface area (Å²) in [5.74, 6) is 0.213. The summed E-state index contributed by atoms with van der Waals surface area (Å²) in [5.41, 5.74) is -0.794. The molecule has 3 atom stereocenters. The number of amides is 2. The Kier molecular flexibility index (Phi) is 6.68. The van der Waals surface area contributed by atoms with Crippen LogP contribution in [0.1, 0.15) is 45.1 Å². The zero-order chi connectivity index (χ0) is 23.6. The standard InChI is InChI=1S/C26H31ClN2O4/c1-25(2)17-29(16-15-26(25,32)18-11-13-19(27)14-12-18)23(30)21-9-6-10-22(21)28-24(31)33-20-7-4-3-5-8-20/h3-5,7-8,11-14,21-22,32H,6,9-10,15-17H2,1-2H3,(H,28,31)/t21-,22+,26-/m0/s1. The van der Waals surface area contributed by atoms with E-state index in [2.05, 4.69) is 5.32 Å². The van der Waals surface area contributed by atoms with Gasteiger partial charge in [-0.25, -0.2) is 4.79 Å². The predicted molar refractivity (Wildman–Crippen MR) is 127 cm³/mol. The molecular weight excluding hydrogens is 440 g/mol. The Morgan fingerprint density at radius 2 is 1.79 bits per heavy atom. The molecule has 2 amide bonds. The zero-order valence-corrected chi connectivity index (χ0v) is 19.8. The van der Waals surface area contributed by atoms with Crippen molar-refractivity contribution in [2.75, 3.05) is 13.1 Å². The molecule has 2 fully saturated rings. The molecule has 7 heteroatoms. The third kappa shape index (κ3) is 4.87. The maximum Gasteiger partial charge on any atom is 0.412 e. The number of halogens is 1. The van der Waals surface area contributed by atoms with Crippen molar-refractivity contribution >= 4 is 23.6 Å². The van der Waals surface area contributed by atoms with Crippen molar-refractivity contribution in [1.29, 1.82) is 0 Å². The Morgan fingerprint density at radius 1 is 1.09 bits per heavy atom. The van der Waals surface area contributed by atoms with Crippen LogP contribution in [0.25, 0.3) is 0 Å². The van der Waals surface area contributed by atoms with Crippen LogP contribution in [-0.2, 0) is 10.4 Å². The summed E-state index contributed by atoms with van der Waals surface area (Å²) in [7, 11) is 0. The molecule has 1 aliphatic carbocycles. The van der Waals surface area contributed by atoms with E-state index in [0.29, 0.717) is 30.3 Å². The lowest BCUT2D eigenvalue weighted by Crippen LogP contribution is -2.58. The summed E-state index contributed by atoms with van der Waals surface area (Å²) in [4.78, 5) is 27.7. The van der Waals surface area contributed by atoms with Crippen LogP contribution < -0.4 is 10.1 Å². The molecule has 2 aliphatic rings. The highest BCUT2D eigenvalue weighted by Crippen LogP contribution is 2.46. The van der Waals surface area contributed by atoms with Gasteiger partial charge in [0.25, 0.3) is 0 Å². The number of benzene rings is 2. The Hall–Kier alpha value is -2.57. The van der Waals surface area contributed by atoms with Crippen LogP contribution in [-0.4, -0.2) is 41.1 Å². The van der Waals surface area contributed by atoms with Gasteiger partial charge in [0.2, 0.25) is 5.91 Å². The van der Waals surface area contributed by atoms with Gasteiger partial charge in [-0.1, -0.05) is 62.2 Å². The minimum Gasteiger partial charge on any atom is -0.410 e. The minimum atomic E-state index is -1.05. The maximum atomic E-state index is 13.5. The molecule has 1 aliphatic heterocycles. The van der Waals surface area contributed by atoms with E-state index >= 15 is 0 Å². The quantitative estimate of drug-likeness (QED) is 0.676. The highest BCUT2D eigenvalue weighted by atomic mass is 35.5. The molecule has 0 spiro atoms. The largest absolute Gasteiger partial charge is 0.412 e. The van der Waals surface area contributed by atoms with Crippen LogP contribution in [0.15, 0.2) is 54.6 Å². The minimum absolute atomic E-state index is 0.0312. The molecule has 176 valence electrons. The molecular formula is C26H31ClN2O4. The monoisotopic (exact) mass is 470 g/mol. The highest BCUT2D eigenvalue weighted by molar-refractivity contribution is 6.30. The number of likely N-dealkylation sites (tertiary alicyclic amines) is 1. The number of hydrogen-bond donors (Lipinski definition) is 2. The first-order chi connectivity index (χ1) is 15.7. The van der Waals surface area contributed by atoms with Crippen molar-refractivity contribution in [1.82, 2.24) is 10.2 Å². The molecule has 0 bridgehead atoms. The van der Waals surface area contributed by atoms with Crippen LogP contribution >= 0.6 is 11.6 Å². The molecule has 0 radical (unpaired) electrons. The summed E-state index contributed by atoms with van der Waals surface area (Å²) >= 11 is 6.03. The summed E-state index contributed by atoms with van der Waals surface area (Å²) in [6.07, 6.45) is 2.24. The summed E-state index contributed by atoms with van der Waals surface area (Å²) in [6, 6.07) is 15.9. The van der Waals surface area contributed by atoms with Gasteiger partial charge in [-0.3, -0.25) is 4.79 Å². The van der Waals surface area contributed by atoms with Crippen LogP contribution in [0, 0.1) is 11.3 Å². The van der Waals surface area contributed by atoms with Gasteiger partial charge in [-0.2, -0.15) is 0 Å². The van der Waals surface area contributed by atoms with E-state index in [-0.39, 0.29) is 17.9 Å². The molecule has 2 N–H and O–H groups in total. The summed E-state index contributed by atoms with van der Waals surface area (Å²) in [5, 5.41) is 15.1. The lowest BCUT2D eigenvalue weighted by atomic mass is 9.66. The second kappa shape index (κ2) is 9.35. The molecule has 33 heavy (non-hydrogen) atoms. The van der Waals surface area contributed by atoms with Gasteiger partial charge in [0.1, 0.15) is 5.75 Å². The van der Waals surface area contributed by atoms with Crippen molar-refractivity contribution in [3.8, 4) is 5.75 Å². The summed E-state index contributed by atoms with van der Waals surface area (Å²) in [6.45, 7) is 4.87. The van der Waals surface area contributed by atoms with Crippen LogP contribution in [0.3, 0.4) is 0 Å². The number of carbonyl (C=O) groups is 2. The lowest BCUT2D eigenvalue weighted by molar-refractivity contribution is -0.156. The van der Waals surface area contributed by atoms with E-state index in [1.165, 1.54) is 0 Å². The first-order valence-corrected chi connectivity index (χ1v) is 11.9. The fraction of sp³-hybridized carbons (Fsp3) is 0.462. The third-order valence-electron chi connectivity index (χ3n) is 7.17. The first kappa shape index (κ1) is 23.6. The smallest absolute Gasteiger partial charge is 0.410 e. The molecule has 1 heterocycles. The third-order valence-corrected chi connectivity index (χ3v) is 7.42. The van der Waals surface area contributed by atoms with Crippen LogP contribution in [0.4, 0.5) is 4.79 Å². The Balaban J connectivity index is 1.41. The number of piperidine rings is 1. The van der Waals surface area contributed by atoms with Gasteiger partial charge in [0.15, 0.2) is 0 Å². The molecule has 0 unspecified atom stereocenters. The number of aliphatic hydroxyl groups is 1. The SMILES string of the molecule is CC1(C)CN(C(=O)[C@H]2CCC[C@H]2NC(=O)Oc2ccccc2)CC[C@]1(O)c1ccc(Cl)cc1. The number of nitrogens with one attached hydrogen (secondary N) is 1. The normalized spacial score (nSPS) is 26.6. The molecule has 2 aromatic rings. The van der Waals surface area contributed by atoms with Crippen molar-refractivity contribution in [2.45, 2.75) is 51.2 Å². The van der Waals surface area contributed by atoms with Gasteiger partial charge in [-0.15, -0.1) is 0 Å². The van der Waals surface area contributed by atoms with Crippen molar-refractivity contribution in [3.05, 3.63) is 65.2 Å². The average molecular weight is 471 g/mol. The van der Waals surface area contributed by atoms with Crippen molar-refractivity contribution in [3.63, 3.8) is 0 Å². The van der Waals surface area contributed by atoms with E-state index in [4.69, 9.17) is 16.3 Å². The molecule has 2 aromatic carbocycles. The second-order valence-corrected chi connectivity index (χ2v) is 10.2. The van der Waals surface area contributed by atoms with E-state index in [1.807, 2.05) is 36.9 Å². The van der Waals surface area contributed by atoms with Crippen molar-refractivity contribution < 1.29 is 19.4 Å². The topological polar surface area (TPSA) is 78.9 Å². The number of para-hydroxylation sites is 1. The Labute approximate surface area is 199 Å². The van der Waals surface area contributed by atoms with Crippen molar-refractivity contribution in [2.24, 2.45) is 11.3 Å². The Bertz CT molecular complexity index is 995. The summed E-state index contributed by atoms with van der Waals surface area (Å²) < 4.78 is 5.35. The lowest BCUT2D eigenvalue weighted by Gasteiger charge is -2.51. The first-order valence-electron chi connectivity index (χ1n) is 11.5. The van der Waals surface area contributed by atoms with E-state index < -0.39 is 17.1 Å². The van der Waals surface area contributed by atoms with Gasteiger partial charge < -0.3 is 20.1 Å². The Morgan fingerprint density at radius 3 is 2.45 bits per heavy atom. The van der Waals surface area contributed by atoms with E-state index in [1.54, 1.807) is 36.4 Å². The second-order valence-electron chi connectivity index (χ2n) is 9.75.